The fraction of sp³-hybridized carbons (Fsp3) is 0.412. The highest BCUT2D eigenvalue weighted by atomic mass is 32.1. The average Bonchev–Trinajstić information content (AvgIpc) is 3.37. The van der Waals surface area contributed by atoms with E-state index in [0.29, 0.717) is 18.8 Å². The van der Waals surface area contributed by atoms with Crippen LogP contribution in [0.15, 0.2) is 17.6 Å². The zero-order valence-electron chi connectivity index (χ0n) is 15.1. The van der Waals surface area contributed by atoms with Gasteiger partial charge in [-0.15, -0.1) is 11.3 Å². The molecule has 1 aliphatic rings. The summed E-state index contributed by atoms with van der Waals surface area (Å²) < 4.78 is 1.83. The van der Waals surface area contributed by atoms with Gasteiger partial charge in [0.2, 0.25) is 0 Å². The highest BCUT2D eigenvalue weighted by Gasteiger charge is 2.25. The monoisotopic (exact) mass is 371 g/mol. The van der Waals surface area contributed by atoms with E-state index >= 15 is 0 Å². The number of nitrogens with zero attached hydrogens (tertiary/aromatic N) is 6. The maximum absolute atomic E-state index is 12.8. The number of amides is 1. The molecule has 0 spiro atoms. The lowest BCUT2D eigenvalue weighted by atomic mass is 10.1. The molecule has 0 atom stereocenters. The van der Waals surface area contributed by atoms with Crippen LogP contribution < -0.4 is 4.90 Å². The topological polar surface area (TPSA) is 82.9 Å². The summed E-state index contributed by atoms with van der Waals surface area (Å²) in [5.74, 6) is -0.0123. The third-order valence-electron chi connectivity index (χ3n) is 4.83. The van der Waals surface area contributed by atoms with Crippen molar-refractivity contribution in [3.8, 4) is 11.3 Å². The summed E-state index contributed by atoms with van der Waals surface area (Å²) in [6.07, 6.45) is 1.81. The highest BCUT2D eigenvalue weighted by Crippen LogP contribution is 2.26. The van der Waals surface area contributed by atoms with Crippen LogP contribution in [-0.4, -0.2) is 61.9 Å². The van der Waals surface area contributed by atoms with Gasteiger partial charge in [-0.1, -0.05) is 0 Å². The van der Waals surface area contributed by atoms with E-state index in [1.165, 1.54) is 0 Å². The summed E-state index contributed by atoms with van der Waals surface area (Å²) >= 11 is 1.63. The molecular weight excluding hydrogens is 350 g/mol. The van der Waals surface area contributed by atoms with Gasteiger partial charge in [0.1, 0.15) is 5.69 Å². The molecule has 1 N–H and O–H groups in total. The Morgan fingerprint density at radius 2 is 2.00 bits per heavy atom. The summed E-state index contributed by atoms with van der Waals surface area (Å²) in [5, 5.41) is 14.7. The molecule has 0 bridgehead atoms. The van der Waals surface area contributed by atoms with Crippen molar-refractivity contribution < 1.29 is 4.79 Å². The lowest BCUT2D eigenvalue weighted by Crippen LogP contribution is -2.48. The van der Waals surface area contributed by atoms with E-state index in [4.69, 9.17) is 0 Å². The van der Waals surface area contributed by atoms with Crippen molar-refractivity contribution in [3.05, 3.63) is 34.7 Å². The van der Waals surface area contributed by atoms with Crippen molar-refractivity contribution in [1.29, 1.82) is 0 Å². The van der Waals surface area contributed by atoms with E-state index in [9.17, 15) is 4.79 Å². The van der Waals surface area contributed by atoms with E-state index in [2.05, 4.69) is 25.2 Å². The molecule has 0 aliphatic carbocycles. The van der Waals surface area contributed by atoms with E-state index in [1.54, 1.807) is 11.3 Å². The molecule has 1 saturated heterocycles. The summed E-state index contributed by atoms with van der Waals surface area (Å²) in [6.45, 7) is 6.90. The third-order valence-corrected chi connectivity index (χ3v) is 5.66. The molecule has 4 rings (SSSR count). The molecule has 136 valence electrons. The van der Waals surface area contributed by atoms with Gasteiger partial charge in [0.25, 0.3) is 5.91 Å². The molecular formula is C17H21N7OS. The van der Waals surface area contributed by atoms with Crippen LogP contribution in [0.3, 0.4) is 0 Å². The summed E-state index contributed by atoms with van der Waals surface area (Å²) in [7, 11) is 1.91. The Labute approximate surface area is 155 Å². The van der Waals surface area contributed by atoms with Crippen LogP contribution in [0.25, 0.3) is 11.3 Å². The number of carbonyl (C=O) groups excluding carboxylic acids is 1. The summed E-state index contributed by atoms with van der Waals surface area (Å²) in [5.41, 5.74) is 4.21. The van der Waals surface area contributed by atoms with Crippen molar-refractivity contribution >= 4 is 22.4 Å². The SMILES string of the molecule is Cc1nn(C)c(C)c1-c1cc(C(=O)N2CCN(c3nccs3)CC2)[nH]n1. The Morgan fingerprint density at radius 3 is 2.62 bits per heavy atom. The van der Waals surface area contributed by atoms with Gasteiger partial charge in [-0.3, -0.25) is 14.6 Å². The molecule has 1 aliphatic heterocycles. The molecule has 0 saturated carbocycles. The molecule has 0 radical (unpaired) electrons. The van der Waals surface area contributed by atoms with Crippen molar-refractivity contribution in [2.75, 3.05) is 31.1 Å². The smallest absolute Gasteiger partial charge is 0.272 e. The molecule has 3 aromatic heterocycles. The van der Waals surface area contributed by atoms with Crippen molar-refractivity contribution in [2.24, 2.45) is 7.05 Å². The maximum atomic E-state index is 12.8. The Kier molecular flexibility index (Phi) is 4.23. The first-order valence-electron chi connectivity index (χ1n) is 8.54. The van der Waals surface area contributed by atoms with Crippen molar-refractivity contribution in [1.82, 2.24) is 29.9 Å². The average molecular weight is 371 g/mol. The highest BCUT2D eigenvalue weighted by molar-refractivity contribution is 7.13. The normalized spacial score (nSPS) is 14.9. The molecule has 1 amide bonds. The van der Waals surface area contributed by atoms with E-state index in [-0.39, 0.29) is 5.91 Å². The molecule has 1 fully saturated rings. The van der Waals surface area contributed by atoms with Gasteiger partial charge in [-0.25, -0.2) is 4.98 Å². The Morgan fingerprint density at radius 1 is 1.23 bits per heavy atom. The van der Waals surface area contributed by atoms with Gasteiger partial charge in [0, 0.05) is 56.1 Å². The van der Waals surface area contributed by atoms with E-state index < -0.39 is 0 Å². The summed E-state index contributed by atoms with van der Waals surface area (Å²) in [4.78, 5) is 21.2. The van der Waals surface area contributed by atoms with Crippen LogP contribution in [-0.2, 0) is 7.05 Å². The maximum Gasteiger partial charge on any atom is 0.272 e. The Hall–Kier alpha value is -2.68. The number of anilines is 1. The quantitative estimate of drug-likeness (QED) is 0.760. The molecule has 0 aromatic carbocycles. The van der Waals surface area contributed by atoms with Crippen LogP contribution in [0.2, 0.25) is 0 Å². The molecule has 26 heavy (non-hydrogen) atoms. The van der Waals surface area contributed by atoms with Gasteiger partial charge in [0.05, 0.1) is 11.4 Å². The summed E-state index contributed by atoms with van der Waals surface area (Å²) in [6, 6.07) is 1.83. The predicted octanol–water partition coefficient (Wildman–Crippen LogP) is 1.85. The van der Waals surface area contributed by atoms with Gasteiger partial charge < -0.3 is 9.80 Å². The molecule has 8 nitrogen and oxygen atoms in total. The number of nitrogens with one attached hydrogen (secondary N) is 1. The predicted molar refractivity (Wildman–Crippen MR) is 100 cm³/mol. The Balaban J connectivity index is 1.47. The van der Waals surface area contributed by atoms with Gasteiger partial charge in [-0.2, -0.15) is 10.2 Å². The number of carbonyl (C=O) groups is 1. The van der Waals surface area contributed by atoms with Gasteiger partial charge >= 0.3 is 0 Å². The number of piperazine rings is 1. The first-order chi connectivity index (χ1) is 12.5. The number of aromatic nitrogens is 5. The number of hydrogen-bond acceptors (Lipinski definition) is 6. The fourth-order valence-corrected chi connectivity index (χ4v) is 4.04. The molecule has 4 heterocycles. The minimum atomic E-state index is -0.0123. The fourth-order valence-electron chi connectivity index (χ4n) is 3.35. The number of rotatable bonds is 3. The van der Waals surface area contributed by atoms with Gasteiger partial charge in [0.15, 0.2) is 5.13 Å². The van der Waals surface area contributed by atoms with Crippen LogP contribution in [0.4, 0.5) is 5.13 Å². The largest absolute Gasteiger partial charge is 0.345 e. The second-order valence-corrected chi connectivity index (χ2v) is 7.30. The Bertz CT molecular complexity index is 919. The van der Waals surface area contributed by atoms with Crippen molar-refractivity contribution in [3.63, 3.8) is 0 Å². The van der Waals surface area contributed by atoms with Gasteiger partial charge in [-0.05, 0) is 19.9 Å². The second-order valence-electron chi connectivity index (χ2n) is 6.43. The van der Waals surface area contributed by atoms with E-state index in [0.717, 1.165) is 40.9 Å². The van der Waals surface area contributed by atoms with E-state index in [1.807, 2.05) is 48.1 Å². The molecule has 9 heteroatoms. The number of aromatic amines is 1. The molecule has 0 unspecified atom stereocenters. The number of H-pyrrole nitrogens is 1. The van der Waals surface area contributed by atoms with Crippen LogP contribution in [0.5, 0.6) is 0 Å². The number of thiazole rings is 1. The van der Waals surface area contributed by atoms with Crippen molar-refractivity contribution in [2.45, 2.75) is 13.8 Å². The lowest BCUT2D eigenvalue weighted by molar-refractivity contribution is 0.0741. The van der Waals surface area contributed by atoms with Crippen LogP contribution >= 0.6 is 11.3 Å². The minimum Gasteiger partial charge on any atom is -0.345 e. The zero-order valence-corrected chi connectivity index (χ0v) is 15.9. The third kappa shape index (κ3) is 2.88. The first kappa shape index (κ1) is 16.8. The van der Waals surface area contributed by atoms with Crippen LogP contribution in [0, 0.1) is 13.8 Å². The number of aryl methyl sites for hydroxylation is 2. The lowest BCUT2D eigenvalue weighted by Gasteiger charge is -2.34. The first-order valence-corrected chi connectivity index (χ1v) is 9.42. The standard InChI is InChI=1S/C17H21N7OS/c1-11-15(12(2)22(3)21-11)13-10-14(20-19-13)16(25)23-5-7-24(8-6-23)17-18-4-9-26-17/h4,9-10H,5-8H2,1-3H3,(H,19,20). The second kappa shape index (κ2) is 6.56. The molecule has 3 aromatic rings. The van der Waals surface area contributed by atoms with Crippen LogP contribution in [0.1, 0.15) is 21.9 Å². The minimum absolute atomic E-state index is 0.0123. The zero-order chi connectivity index (χ0) is 18.3. The number of hydrogen-bond donors (Lipinski definition) is 1.